The van der Waals surface area contributed by atoms with E-state index in [2.05, 4.69) is 0 Å². The van der Waals surface area contributed by atoms with Gasteiger partial charge in [0.15, 0.2) is 0 Å². The van der Waals surface area contributed by atoms with Gasteiger partial charge in [-0.05, 0) is 67.8 Å². The number of carbonyl (C=O) groups excluding carboxylic acids is 3. The number of esters is 2. The monoisotopic (exact) mass is 439 g/mol. The van der Waals surface area contributed by atoms with Gasteiger partial charge in [0.2, 0.25) is 0 Å². The second kappa shape index (κ2) is 11.3. The minimum absolute atomic E-state index is 0.0704. The molecule has 1 heterocycles. The van der Waals surface area contributed by atoms with Crippen LogP contribution in [0.4, 0.5) is 5.69 Å². The number of methoxy groups -OCH3 is 1. The first kappa shape index (κ1) is 23.3. The molecule has 7 heteroatoms. The molecular formula is C25H29NO6. The third-order valence-corrected chi connectivity index (χ3v) is 5.33. The van der Waals surface area contributed by atoms with Crippen molar-refractivity contribution >= 4 is 23.5 Å². The van der Waals surface area contributed by atoms with E-state index in [0.717, 1.165) is 42.7 Å². The molecule has 0 aromatic heterocycles. The molecule has 0 saturated carbocycles. The third kappa shape index (κ3) is 5.87. The zero-order valence-corrected chi connectivity index (χ0v) is 18.6. The summed E-state index contributed by atoms with van der Waals surface area (Å²) in [6.45, 7) is 3.28. The SMILES string of the molecule is CCOC(=O)CCCCCCOc1ccc2c(c1)CN(c1ccc(C(=O)OC)cc1)C2=O. The number of hydrogen-bond donors (Lipinski definition) is 0. The maximum atomic E-state index is 12.8. The number of nitrogens with zero attached hydrogens (tertiary/aromatic N) is 1. The molecule has 0 N–H and O–H groups in total. The lowest BCUT2D eigenvalue weighted by Gasteiger charge is -2.15. The van der Waals surface area contributed by atoms with Crippen molar-refractivity contribution in [3.63, 3.8) is 0 Å². The van der Waals surface area contributed by atoms with Crippen LogP contribution in [0, 0.1) is 0 Å². The fourth-order valence-corrected chi connectivity index (χ4v) is 3.64. The second-order valence-electron chi connectivity index (χ2n) is 7.57. The highest BCUT2D eigenvalue weighted by Crippen LogP contribution is 2.31. The minimum Gasteiger partial charge on any atom is -0.494 e. The molecule has 0 radical (unpaired) electrons. The van der Waals surface area contributed by atoms with Crippen molar-refractivity contribution < 1.29 is 28.6 Å². The van der Waals surface area contributed by atoms with Crippen molar-refractivity contribution in [1.29, 1.82) is 0 Å². The van der Waals surface area contributed by atoms with Crippen LogP contribution >= 0.6 is 0 Å². The normalized spacial score (nSPS) is 12.4. The number of ether oxygens (including phenoxy) is 3. The summed E-state index contributed by atoms with van der Waals surface area (Å²) in [6.07, 6.45) is 4.14. The van der Waals surface area contributed by atoms with Crippen molar-refractivity contribution in [3.05, 3.63) is 59.2 Å². The van der Waals surface area contributed by atoms with Crippen molar-refractivity contribution in [2.24, 2.45) is 0 Å². The molecule has 1 amide bonds. The zero-order chi connectivity index (χ0) is 22.9. The fraction of sp³-hybridized carbons (Fsp3) is 0.400. The van der Waals surface area contributed by atoms with E-state index in [1.54, 1.807) is 35.2 Å². The van der Waals surface area contributed by atoms with Crippen molar-refractivity contribution in [2.45, 2.75) is 45.6 Å². The van der Waals surface area contributed by atoms with Gasteiger partial charge < -0.3 is 19.1 Å². The van der Waals surface area contributed by atoms with Crippen LogP contribution in [0.5, 0.6) is 5.75 Å². The molecule has 2 aromatic carbocycles. The first-order valence-corrected chi connectivity index (χ1v) is 10.9. The summed E-state index contributed by atoms with van der Waals surface area (Å²) in [5.41, 5.74) is 2.74. The van der Waals surface area contributed by atoms with Crippen molar-refractivity contribution in [3.8, 4) is 5.75 Å². The standard InChI is InChI=1S/C25H29NO6/c1-3-31-23(27)8-6-4-5-7-15-32-21-13-14-22-19(16-21)17-26(24(22)28)20-11-9-18(10-12-20)25(29)30-2/h9-14,16H,3-8,15,17H2,1-2H3. The number of amides is 1. The smallest absolute Gasteiger partial charge is 0.337 e. The van der Waals surface area contributed by atoms with Crippen LogP contribution in [-0.4, -0.2) is 38.2 Å². The average molecular weight is 440 g/mol. The number of carbonyl (C=O) groups is 3. The van der Waals surface area contributed by atoms with Gasteiger partial charge in [-0.25, -0.2) is 4.79 Å². The van der Waals surface area contributed by atoms with Gasteiger partial charge in [-0.2, -0.15) is 0 Å². The Kier molecular flexibility index (Phi) is 8.25. The number of anilines is 1. The number of benzene rings is 2. The summed E-state index contributed by atoms with van der Waals surface area (Å²) in [5.74, 6) is 0.128. The summed E-state index contributed by atoms with van der Waals surface area (Å²) in [7, 11) is 1.34. The molecule has 0 fully saturated rings. The summed E-state index contributed by atoms with van der Waals surface area (Å²) in [4.78, 5) is 37.4. The maximum Gasteiger partial charge on any atom is 0.337 e. The van der Waals surface area contributed by atoms with E-state index in [4.69, 9.17) is 14.2 Å². The first-order chi connectivity index (χ1) is 15.5. The summed E-state index contributed by atoms with van der Waals surface area (Å²) < 4.78 is 15.5. The van der Waals surface area contributed by atoms with Crippen molar-refractivity contribution in [2.75, 3.05) is 25.2 Å². The Hall–Kier alpha value is -3.35. The molecule has 7 nitrogen and oxygen atoms in total. The molecular weight excluding hydrogens is 410 g/mol. The molecule has 1 aliphatic heterocycles. The van der Waals surface area contributed by atoms with E-state index in [-0.39, 0.29) is 11.9 Å². The molecule has 32 heavy (non-hydrogen) atoms. The Morgan fingerprint density at radius 2 is 1.75 bits per heavy atom. The van der Waals surface area contributed by atoms with Crippen LogP contribution in [0.15, 0.2) is 42.5 Å². The fourth-order valence-electron chi connectivity index (χ4n) is 3.64. The van der Waals surface area contributed by atoms with E-state index < -0.39 is 5.97 Å². The lowest BCUT2D eigenvalue weighted by molar-refractivity contribution is -0.143. The molecule has 0 spiro atoms. The van der Waals surface area contributed by atoms with Gasteiger partial charge in [0, 0.05) is 17.7 Å². The predicted octanol–water partition coefficient (Wildman–Crippen LogP) is 4.53. The lowest BCUT2D eigenvalue weighted by atomic mass is 10.1. The summed E-state index contributed by atoms with van der Waals surface area (Å²) in [6, 6.07) is 12.3. The highest BCUT2D eigenvalue weighted by molar-refractivity contribution is 6.10. The molecule has 0 bridgehead atoms. The van der Waals surface area contributed by atoms with Crippen LogP contribution < -0.4 is 9.64 Å². The van der Waals surface area contributed by atoms with E-state index in [9.17, 15) is 14.4 Å². The maximum absolute atomic E-state index is 12.8. The Balaban J connectivity index is 1.47. The Morgan fingerprint density at radius 3 is 2.47 bits per heavy atom. The van der Waals surface area contributed by atoms with E-state index in [1.807, 2.05) is 19.1 Å². The van der Waals surface area contributed by atoms with E-state index in [0.29, 0.717) is 37.3 Å². The molecule has 0 atom stereocenters. The van der Waals surface area contributed by atoms with Gasteiger partial charge in [0.25, 0.3) is 5.91 Å². The Labute approximate surface area is 188 Å². The number of fused-ring (bicyclic) bond motifs is 1. The molecule has 1 aliphatic rings. The van der Waals surface area contributed by atoms with Crippen LogP contribution in [0.2, 0.25) is 0 Å². The zero-order valence-electron chi connectivity index (χ0n) is 18.6. The number of hydrogen-bond acceptors (Lipinski definition) is 6. The Bertz CT molecular complexity index is 953. The molecule has 0 unspecified atom stereocenters. The predicted molar refractivity (Wildman–Crippen MR) is 120 cm³/mol. The van der Waals surface area contributed by atoms with Gasteiger partial charge in [0.1, 0.15) is 5.75 Å². The largest absolute Gasteiger partial charge is 0.494 e. The number of unbranched alkanes of at least 4 members (excludes halogenated alkanes) is 3. The highest BCUT2D eigenvalue weighted by atomic mass is 16.5. The molecule has 3 rings (SSSR count). The van der Waals surface area contributed by atoms with Crippen LogP contribution in [-0.2, 0) is 20.8 Å². The minimum atomic E-state index is -0.409. The van der Waals surface area contributed by atoms with Gasteiger partial charge in [-0.15, -0.1) is 0 Å². The Morgan fingerprint density at radius 1 is 1.00 bits per heavy atom. The van der Waals surface area contributed by atoms with E-state index in [1.165, 1.54) is 7.11 Å². The highest BCUT2D eigenvalue weighted by Gasteiger charge is 2.29. The van der Waals surface area contributed by atoms with E-state index >= 15 is 0 Å². The number of rotatable bonds is 11. The first-order valence-electron chi connectivity index (χ1n) is 10.9. The molecule has 2 aromatic rings. The van der Waals surface area contributed by atoms with Crippen LogP contribution in [0.3, 0.4) is 0 Å². The topological polar surface area (TPSA) is 82.1 Å². The summed E-state index contributed by atoms with van der Waals surface area (Å²) in [5, 5.41) is 0. The van der Waals surface area contributed by atoms with Gasteiger partial charge in [-0.3, -0.25) is 9.59 Å². The summed E-state index contributed by atoms with van der Waals surface area (Å²) >= 11 is 0. The third-order valence-electron chi connectivity index (χ3n) is 5.33. The second-order valence-corrected chi connectivity index (χ2v) is 7.57. The van der Waals surface area contributed by atoms with Crippen LogP contribution in [0.25, 0.3) is 0 Å². The van der Waals surface area contributed by atoms with Crippen LogP contribution in [0.1, 0.15) is 65.3 Å². The van der Waals surface area contributed by atoms with Gasteiger partial charge in [0.05, 0.1) is 32.4 Å². The molecule has 170 valence electrons. The van der Waals surface area contributed by atoms with Gasteiger partial charge in [-0.1, -0.05) is 12.8 Å². The molecule has 0 saturated heterocycles. The molecule has 0 aliphatic carbocycles. The average Bonchev–Trinajstić information content (AvgIpc) is 3.14. The lowest BCUT2D eigenvalue weighted by Crippen LogP contribution is -2.22. The quantitative estimate of drug-likeness (QED) is 0.378. The van der Waals surface area contributed by atoms with Crippen molar-refractivity contribution in [1.82, 2.24) is 0 Å². The van der Waals surface area contributed by atoms with Gasteiger partial charge >= 0.3 is 11.9 Å².